The first-order chi connectivity index (χ1) is 12.4. The number of hydrogen-bond acceptors (Lipinski definition) is 3. The van der Waals surface area contributed by atoms with Crippen LogP contribution in [0.2, 0.25) is 0 Å². The molecule has 0 fully saturated rings. The third-order valence-corrected chi connectivity index (χ3v) is 5.61. The number of rotatable bonds is 5. The summed E-state index contributed by atoms with van der Waals surface area (Å²) in [5.74, 6) is -0.369. The highest BCUT2D eigenvalue weighted by atomic mass is 32.2. The third-order valence-electron chi connectivity index (χ3n) is 4.21. The zero-order chi connectivity index (χ0) is 18.7. The van der Waals surface area contributed by atoms with Gasteiger partial charge in [-0.25, -0.2) is 22.3 Å². The summed E-state index contributed by atoms with van der Waals surface area (Å²) >= 11 is 0. The molecule has 6 nitrogen and oxygen atoms in total. The fraction of sp³-hybridized carbons (Fsp3) is 0.278. The molecule has 0 bridgehead atoms. The van der Waals surface area contributed by atoms with Crippen molar-refractivity contribution in [3.63, 3.8) is 0 Å². The molecular weight excluding hydrogens is 357 g/mol. The quantitative estimate of drug-likeness (QED) is 0.840. The van der Waals surface area contributed by atoms with E-state index in [0.29, 0.717) is 25.1 Å². The minimum absolute atomic E-state index is 0.0741. The van der Waals surface area contributed by atoms with Crippen LogP contribution in [0, 0.1) is 5.82 Å². The number of amides is 2. The number of hydrogen-bond donors (Lipinski definition) is 2. The number of sulfonamides is 1. The van der Waals surface area contributed by atoms with Crippen molar-refractivity contribution in [3.8, 4) is 0 Å². The van der Waals surface area contributed by atoms with Crippen LogP contribution in [0.4, 0.5) is 14.9 Å². The smallest absolute Gasteiger partial charge is 0.321 e. The summed E-state index contributed by atoms with van der Waals surface area (Å²) in [6.07, 6.45) is 0.605. The first kappa shape index (κ1) is 18.3. The fourth-order valence-corrected chi connectivity index (χ4v) is 3.93. The second-order valence-corrected chi connectivity index (χ2v) is 7.75. The number of fused-ring (bicyclic) bond motifs is 1. The van der Waals surface area contributed by atoms with Crippen molar-refractivity contribution in [2.45, 2.75) is 24.8 Å². The van der Waals surface area contributed by atoms with E-state index in [-0.39, 0.29) is 23.3 Å². The van der Waals surface area contributed by atoms with E-state index in [1.165, 1.54) is 30.3 Å². The molecule has 0 saturated carbocycles. The Labute approximate surface area is 152 Å². The largest absolute Gasteiger partial charge is 0.338 e. The average Bonchev–Trinajstić information content (AvgIpc) is 3.05. The van der Waals surface area contributed by atoms with Gasteiger partial charge in [-0.15, -0.1) is 0 Å². The minimum atomic E-state index is -3.70. The molecule has 2 amide bonds. The van der Waals surface area contributed by atoms with Crippen LogP contribution in [0.25, 0.3) is 0 Å². The molecular formula is C18H20FN3O3S. The molecule has 2 aromatic rings. The molecule has 138 valence electrons. The topological polar surface area (TPSA) is 78.5 Å². The van der Waals surface area contributed by atoms with Gasteiger partial charge >= 0.3 is 6.03 Å². The highest BCUT2D eigenvalue weighted by molar-refractivity contribution is 7.89. The van der Waals surface area contributed by atoms with E-state index in [4.69, 9.17) is 0 Å². The van der Waals surface area contributed by atoms with Gasteiger partial charge in [-0.05, 0) is 54.8 Å². The maximum Gasteiger partial charge on any atom is 0.321 e. The van der Waals surface area contributed by atoms with E-state index in [1.807, 2.05) is 6.92 Å². The maximum absolute atomic E-state index is 12.9. The van der Waals surface area contributed by atoms with Gasteiger partial charge in [-0.3, -0.25) is 4.90 Å². The lowest BCUT2D eigenvalue weighted by molar-refractivity contribution is 0.247. The molecule has 0 aliphatic carbocycles. The summed E-state index contributed by atoms with van der Waals surface area (Å²) in [4.78, 5) is 13.8. The van der Waals surface area contributed by atoms with Crippen molar-refractivity contribution in [1.29, 1.82) is 0 Å². The number of halogens is 1. The van der Waals surface area contributed by atoms with Gasteiger partial charge in [0.05, 0.1) is 4.90 Å². The predicted octanol–water partition coefficient (Wildman–Crippen LogP) is 2.40. The molecule has 1 heterocycles. The molecule has 0 unspecified atom stereocenters. The number of carbonyl (C=O) groups is 1. The maximum atomic E-state index is 12.9. The predicted molar refractivity (Wildman–Crippen MR) is 97.0 cm³/mol. The number of nitrogens with one attached hydrogen (secondary N) is 2. The standard InChI is InChI=1S/C18H20FN3O3S/c1-2-20-18(23)22-10-9-14-11-16(7-8-17(14)22)26(24,25)21-12-13-3-5-15(19)6-4-13/h3-8,11,21H,2,9-10,12H2,1H3,(H,20,23). The van der Waals surface area contributed by atoms with Gasteiger partial charge in [0.2, 0.25) is 10.0 Å². The highest BCUT2D eigenvalue weighted by Gasteiger charge is 2.26. The fourth-order valence-electron chi connectivity index (χ4n) is 2.87. The van der Waals surface area contributed by atoms with Gasteiger partial charge in [-0.2, -0.15) is 0 Å². The molecule has 0 saturated heterocycles. The Morgan fingerprint density at radius 1 is 1.19 bits per heavy atom. The second kappa shape index (κ2) is 7.43. The van der Waals surface area contributed by atoms with Gasteiger partial charge in [-0.1, -0.05) is 12.1 Å². The molecule has 3 rings (SSSR count). The van der Waals surface area contributed by atoms with Gasteiger partial charge in [0.1, 0.15) is 5.82 Å². The van der Waals surface area contributed by atoms with E-state index in [0.717, 1.165) is 11.3 Å². The Balaban J connectivity index is 1.75. The number of carbonyl (C=O) groups excluding carboxylic acids is 1. The lowest BCUT2D eigenvalue weighted by Gasteiger charge is -2.17. The summed E-state index contributed by atoms with van der Waals surface area (Å²) in [7, 11) is -3.70. The Morgan fingerprint density at radius 2 is 1.92 bits per heavy atom. The lowest BCUT2D eigenvalue weighted by Crippen LogP contribution is -2.38. The summed E-state index contributed by atoms with van der Waals surface area (Å²) in [6, 6.07) is 10.2. The Kier molecular flexibility index (Phi) is 5.24. The van der Waals surface area contributed by atoms with Gasteiger partial charge in [0.25, 0.3) is 0 Å². The summed E-state index contributed by atoms with van der Waals surface area (Å²) in [5, 5.41) is 2.75. The monoisotopic (exact) mass is 377 g/mol. The number of nitrogens with zero attached hydrogens (tertiary/aromatic N) is 1. The second-order valence-electron chi connectivity index (χ2n) is 5.98. The summed E-state index contributed by atoms with van der Waals surface area (Å²) in [5.41, 5.74) is 2.22. The van der Waals surface area contributed by atoms with E-state index in [9.17, 15) is 17.6 Å². The first-order valence-electron chi connectivity index (χ1n) is 8.33. The normalized spacial score (nSPS) is 13.5. The highest BCUT2D eigenvalue weighted by Crippen LogP contribution is 2.30. The van der Waals surface area contributed by atoms with Gasteiger partial charge < -0.3 is 5.32 Å². The van der Waals surface area contributed by atoms with Crippen molar-refractivity contribution >= 4 is 21.7 Å². The number of anilines is 1. The molecule has 0 aromatic heterocycles. The Morgan fingerprint density at radius 3 is 2.62 bits per heavy atom. The van der Waals surface area contributed by atoms with Crippen LogP contribution in [0.5, 0.6) is 0 Å². The van der Waals surface area contributed by atoms with Gasteiger partial charge in [0, 0.05) is 25.3 Å². The van der Waals surface area contributed by atoms with Crippen LogP contribution in [0.15, 0.2) is 47.4 Å². The molecule has 2 aromatic carbocycles. The summed E-state index contributed by atoms with van der Waals surface area (Å²) in [6.45, 7) is 2.97. The van der Waals surface area contributed by atoms with Crippen molar-refractivity contribution in [2.75, 3.05) is 18.0 Å². The Bertz CT molecular complexity index is 914. The van der Waals surface area contributed by atoms with E-state index in [2.05, 4.69) is 10.0 Å². The number of urea groups is 1. The van der Waals surface area contributed by atoms with Crippen LogP contribution < -0.4 is 14.9 Å². The van der Waals surface area contributed by atoms with Crippen LogP contribution in [0.3, 0.4) is 0 Å². The van der Waals surface area contributed by atoms with Crippen LogP contribution in [-0.2, 0) is 23.0 Å². The lowest BCUT2D eigenvalue weighted by atomic mass is 10.2. The molecule has 2 N–H and O–H groups in total. The molecule has 1 aliphatic rings. The SMILES string of the molecule is CCNC(=O)N1CCc2cc(S(=O)(=O)NCc3ccc(F)cc3)ccc21. The van der Waals surface area contributed by atoms with Crippen LogP contribution in [0.1, 0.15) is 18.1 Å². The first-order valence-corrected chi connectivity index (χ1v) is 9.81. The van der Waals surface area contributed by atoms with Gasteiger partial charge in [0.15, 0.2) is 0 Å². The molecule has 0 spiro atoms. The molecule has 0 atom stereocenters. The van der Waals surface area contributed by atoms with E-state index >= 15 is 0 Å². The number of benzene rings is 2. The zero-order valence-electron chi connectivity index (χ0n) is 14.3. The van der Waals surface area contributed by atoms with Crippen LogP contribution in [-0.4, -0.2) is 27.5 Å². The van der Waals surface area contributed by atoms with Crippen molar-refractivity contribution in [3.05, 3.63) is 59.4 Å². The molecule has 26 heavy (non-hydrogen) atoms. The van der Waals surface area contributed by atoms with E-state index < -0.39 is 10.0 Å². The van der Waals surface area contributed by atoms with Crippen molar-refractivity contribution in [1.82, 2.24) is 10.0 Å². The van der Waals surface area contributed by atoms with Crippen molar-refractivity contribution in [2.24, 2.45) is 0 Å². The molecule has 8 heteroatoms. The zero-order valence-corrected chi connectivity index (χ0v) is 15.1. The average molecular weight is 377 g/mol. The minimum Gasteiger partial charge on any atom is -0.338 e. The Hall–Kier alpha value is -2.45. The van der Waals surface area contributed by atoms with Crippen molar-refractivity contribution < 1.29 is 17.6 Å². The molecule has 0 radical (unpaired) electrons. The third kappa shape index (κ3) is 3.86. The summed E-state index contributed by atoms with van der Waals surface area (Å²) < 4.78 is 40.5. The van der Waals surface area contributed by atoms with E-state index in [1.54, 1.807) is 17.0 Å². The van der Waals surface area contributed by atoms with Crippen LogP contribution >= 0.6 is 0 Å². The molecule has 1 aliphatic heterocycles.